The lowest BCUT2D eigenvalue weighted by Crippen LogP contribution is -2.45. The number of likely N-dealkylation sites (tertiary alicyclic amines) is 1. The Labute approximate surface area is 93.3 Å². The van der Waals surface area contributed by atoms with Gasteiger partial charge >= 0.3 is 0 Å². The summed E-state index contributed by atoms with van der Waals surface area (Å²) in [6, 6.07) is 3.00. The highest BCUT2D eigenvalue weighted by atomic mass is 19.1. The zero-order chi connectivity index (χ0) is 11.5. The standard InChI is InChI=1S/C11H14FN3O/c12-10-9(4-1-5-14-10)11(16)15-6-2-3-8(13)7-15/h1,4-5,8H,2-3,6-7,13H2. The lowest BCUT2D eigenvalue weighted by molar-refractivity contribution is 0.0703. The smallest absolute Gasteiger partial charge is 0.258 e. The van der Waals surface area contributed by atoms with E-state index in [2.05, 4.69) is 4.98 Å². The molecule has 0 bridgehead atoms. The van der Waals surface area contributed by atoms with Crippen LogP contribution in [0.25, 0.3) is 0 Å². The molecule has 5 heteroatoms. The first-order valence-electron chi connectivity index (χ1n) is 5.34. The molecule has 0 spiro atoms. The van der Waals surface area contributed by atoms with E-state index < -0.39 is 5.95 Å². The summed E-state index contributed by atoms with van der Waals surface area (Å²) in [5.41, 5.74) is 5.80. The molecular formula is C11H14FN3O. The van der Waals surface area contributed by atoms with E-state index in [1.165, 1.54) is 12.3 Å². The van der Waals surface area contributed by atoms with Gasteiger partial charge in [0.15, 0.2) is 0 Å². The zero-order valence-electron chi connectivity index (χ0n) is 8.90. The third-order valence-corrected chi connectivity index (χ3v) is 2.73. The molecule has 1 atom stereocenters. The van der Waals surface area contributed by atoms with Crippen molar-refractivity contribution in [3.63, 3.8) is 0 Å². The fourth-order valence-corrected chi connectivity index (χ4v) is 1.91. The van der Waals surface area contributed by atoms with Crippen molar-refractivity contribution in [2.75, 3.05) is 13.1 Å². The van der Waals surface area contributed by atoms with Gasteiger partial charge in [-0.25, -0.2) is 4.98 Å². The number of nitrogens with zero attached hydrogens (tertiary/aromatic N) is 2. The third-order valence-electron chi connectivity index (χ3n) is 2.73. The maximum atomic E-state index is 13.3. The average Bonchev–Trinajstić information content (AvgIpc) is 2.29. The summed E-state index contributed by atoms with van der Waals surface area (Å²) in [5, 5.41) is 0. The Bertz CT molecular complexity index is 397. The van der Waals surface area contributed by atoms with Crippen LogP contribution in [0.3, 0.4) is 0 Å². The number of carbonyl (C=O) groups excluding carboxylic acids is 1. The largest absolute Gasteiger partial charge is 0.337 e. The zero-order valence-corrected chi connectivity index (χ0v) is 8.90. The molecule has 1 aliphatic heterocycles. The van der Waals surface area contributed by atoms with Crippen LogP contribution in [0.5, 0.6) is 0 Å². The molecule has 16 heavy (non-hydrogen) atoms. The Balaban J connectivity index is 2.16. The van der Waals surface area contributed by atoms with E-state index in [4.69, 9.17) is 5.73 Å². The number of carbonyl (C=O) groups is 1. The molecule has 1 amide bonds. The van der Waals surface area contributed by atoms with Gasteiger partial charge in [0.2, 0.25) is 5.95 Å². The first kappa shape index (κ1) is 11.0. The lowest BCUT2D eigenvalue weighted by atomic mass is 10.1. The highest BCUT2D eigenvalue weighted by Crippen LogP contribution is 2.13. The summed E-state index contributed by atoms with van der Waals surface area (Å²) in [7, 11) is 0. The number of rotatable bonds is 1. The van der Waals surface area contributed by atoms with Gasteiger partial charge in [0, 0.05) is 25.3 Å². The molecule has 0 aromatic carbocycles. The van der Waals surface area contributed by atoms with Crippen LogP contribution in [0, 0.1) is 5.95 Å². The Hall–Kier alpha value is -1.49. The quantitative estimate of drug-likeness (QED) is 0.716. The van der Waals surface area contributed by atoms with Gasteiger partial charge in [0.05, 0.1) is 5.56 Å². The maximum Gasteiger partial charge on any atom is 0.258 e. The molecule has 1 unspecified atom stereocenters. The van der Waals surface area contributed by atoms with Crippen molar-refractivity contribution < 1.29 is 9.18 Å². The van der Waals surface area contributed by atoms with Crippen molar-refractivity contribution in [3.05, 3.63) is 29.8 Å². The third kappa shape index (κ3) is 2.19. The van der Waals surface area contributed by atoms with E-state index in [1.54, 1.807) is 11.0 Å². The predicted molar refractivity (Wildman–Crippen MR) is 57.3 cm³/mol. The van der Waals surface area contributed by atoms with Gasteiger partial charge in [-0.1, -0.05) is 0 Å². The van der Waals surface area contributed by atoms with Crippen LogP contribution in [0.2, 0.25) is 0 Å². The molecule has 1 saturated heterocycles. The predicted octanol–water partition coefficient (Wildman–Crippen LogP) is 0.784. The molecular weight excluding hydrogens is 209 g/mol. The number of hydrogen-bond acceptors (Lipinski definition) is 3. The number of halogens is 1. The summed E-state index contributed by atoms with van der Waals surface area (Å²) in [6.45, 7) is 1.13. The average molecular weight is 223 g/mol. The van der Waals surface area contributed by atoms with Gasteiger partial charge in [0.1, 0.15) is 0 Å². The van der Waals surface area contributed by atoms with Crippen molar-refractivity contribution in [1.29, 1.82) is 0 Å². The van der Waals surface area contributed by atoms with Crippen LogP contribution in [-0.4, -0.2) is 34.9 Å². The molecule has 86 valence electrons. The molecule has 1 aromatic heterocycles. The molecule has 1 fully saturated rings. The maximum absolute atomic E-state index is 13.3. The number of nitrogens with two attached hydrogens (primary N) is 1. The number of pyridine rings is 1. The first-order valence-corrected chi connectivity index (χ1v) is 5.34. The lowest BCUT2D eigenvalue weighted by Gasteiger charge is -2.30. The minimum atomic E-state index is -0.716. The molecule has 0 radical (unpaired) electrons. The topological polar surface area (TPSA) is 59.2 Å². The fraction of sp³-hybridized carbons (Fsp3) is 0.455. The van der Waals surface area contributed by atoms with Crippen LogP contribution in [-0.2, 0) is 0 Å². The van der Waals surface area contributed by atoms with Gasteiger partial charge in [-0.05, 0) is 25.0 Å². The summed E-state index contributed by atoms with van der Waals surface area (Å²) in [4.78, 5) is 17.0. The number of aromatic nitrogens is 1. The second-order valence-corrected chi connectivity index (χ2v) is 4.00. The second kappa shape index (κ2) is 4.57. The van der Waals surface area contributed by atoms with E-state index in [0.29, 0.717) is 13.1 Å². The van der Waals surface area contributed by atoms with E-state index in [9.17, 15) is 9.18 Å². The molecule has 1 aromatic rings. The summed E-state index contributed by atoms with van der Waals surface area (Å²) < 4.78 is 13.3. The Morgan fingerprint density at radius 1 is 1.62 bits per heavy atom. The van der Waals surface area contributed by atoms with Crippen molar-refractivity contribution >= 4 is 5.91 Å². The van der Waals surface area contributed by atoms with Gasteiger partial charge in [0.25, 0.3) is 5.91 Å². The van der Waals surface area contributed by atoms with Gasteiger partial charge < -0.3 is 10.6 Å². The highest BCUT2D eigenvalue weighted by molar-refractivity contribution is 5.94. The van der Waals surface area contributed by atoms with Crippen molar-refractivity contribution in [2.45, 2.75) is 18.9 Å². The van der Waals surface area contributed by atoms with Gasteiger partial charge in [-0.3, -0.25) is 4.79 Å². The Morgan fingerprint density at radius 3 is 3.12 bits per heavy atom. The molecule has 1 aliphatic rings. The van der Waals surface area contributed by atoms with E-state index in [-0.39, 0.29) is 17.5 Å². The van der Waals surface area contributed by atoms with E-state index in [0.717, 1.165) is 12.8 Å². The molecule has 2 rings (SSSR count). The first-order chi connectivity index (χ1) is 7.68. The van der Waals surface area contributed by atoms with E-state index in [1.807, 2.05) is 0 Å². The normalized spacial score (nSPS) is 20.9. The number of hydrogen-bond donors (Lipinski definition) is 1. The monoisotopic (exact) mass is 223 g/mol. The van der Waals surface area contributed by atoms with Crippen LogP contribution in [0.15, 0.2) is 18.3 Å². The molecule has 2 heterocycles. The molecule has 4 nitrogen and oxygen atoms in total. The minimum Gasteiger partial charge on any atom is -0.337 e. The number of amides is 1. The van der Waals surface area contributed by atoms with E-state index >= 15 is 0 Å². The van der Waals surface area contributed by atoms with Crippen LogP contribution >= 0.6 is 0 Å². The van der Waals surface area contributed by atoms with Crippen LogP contribution < -0.4 is 5.73 Å². The number of piperidine rings is 1. The summed E-state index contributed by atoms with van der Waals surface area (Å²) in [5.74, 6) is -1.03. The Kier molecular flexibility index (Phi) is 3.14. The van der Waals surface area contributed by atoms with Gasteiger partial charge in [-0.2, -0.15) is 4.39 Å². The van der Waals surface area contributed by atoms with Crippen molar-refractivity contribution in [3.8, 4) is 0 Å². The summed E-state index contributed by atoms with van der Waals surface area (Å²) in [6.07, 6.45) is 3.11. The fourth-order valence-electron chi connectivity index (χ4n) is 1.91. The van der Waals surface area contributed by atoms with Crippen molar-refractivity contribution in [1.82, 2.24) is 9.88 Å². The van der Waals surface area contributed by atoms with Crippen molar-refractivity contribution in [2.24, 2.45) is 5.73 Å². The second-order valence-electron chi connectivity index (χ2n) is 4.00. The van der Waals surface area contributed by atoms with Crippen LogP contribution in [0.4, 0.5) is 4.39 Å². The summed E-state index contributed by atoms with van der Waals surface area (Å²) >= 11 is 0. The molecule has 0 saturated carbocycles. The minimum absolute atomic E-state index is 0.00238. The Morgan fingerprint density at radius 2 is 2.44 bits per heavy atom. The molecule has 0 aliphatic carbocycles. The van der Waals surface area contributed by atoms with Gasteiger partial charge in [-0.15, -0.1) is 0 Å². The highest BCUT2D eigenvalue weighted by Gasteiger charge is 2.24. The molecule has 2 N–H and O–H groups in total. The SMILES string of the molecule is NC1CCCN(C(=O)c2cccnc2F)C1. The van der Waals surface area contributed by atoms with Crippen LogP contribution in [0.1, 0.15) is 23.2 Å².